The van der Waals surface area contributed by atoms with E-state index >= 15 is 0 Å². The van der Waals surface area contributed by atoms with Gasteiger partial charge in [0.2, 0.25) is 5.95 Å². The monoisotopic (exact) mass is 279 g/mol. The first kappa shape index (κ1) is 11.4. The maximum Gasteiger partial charge on any atom is 0.230 e. The van der Waals surface area contributed by atoms with E-state index < -0.39 is 0 Å². The highest BCUT2D eigenvalue weighted by molar-refractivity contribution is 7.16. The number of benzene rings is 1. The van der Waals surface area contributed by atoms with Gasteiger partial charge in [-0.1, -0.05) is 17.7 Å². The van der Waals surface area contributed by atoms with E-state index in [1.807, 2.05) is 11.4 Å². The van der Waals surface area contributed by atoms with Gasteiger partial charge in [0, 0.05) is 11.1 Å². The highest BCUT2D eigenvalue weighted by Crippen LogP contribution is 2.27. The molecule has 0 aliphatic carbocycles. The first-order chi connectivity index (χ1) is 8.72. The van der Waals surface area contributed by atoms with Gasteiger partial charge >= 0.3 is 0 Å². The third kappa shape index (κ3) is 2.14. The van der Waals surface area contributed by atoms with Crippen molar-refractivity contribution in [1.82, 2.24) is 9.97 Å². The van der Waals surface area contributed by atoms with Crippen molar-refractivity contribution in [3.05, 3.63) is 46.7 Å². The first-order valence-electron chi connectivity index (χ1n) is 5.16. The summed E-state index contributed by atoms with van der Waals surface area (Å²) in [4.78, 5) is 9.24. The Kier molecular flexibility index (Phi) is 2.85. The molecular weight excluding hydrogens is 273 g/mol. The smallest absolute Gasteiger partial charge is 0.230 e. The highest BCUT2D eigenvalue weighted by Gasteiger charge is 2.07. The van der Waals surface area contributed by atoms with Crippen LogP contribution in [0.1, 0.15) is 0 Å². The lowest BCUT2D eigenvalue weighted by Crippen LogP contribution is -1.97. The molecule has 0 atom stereocenters. The number of halogens is 2. The molecule has 1 N–H and O–H groups in total. The molecule has 0 bridgehead atoms. The molecule has 0 aliphatic heterocycles. The van der Waals surface area contributed by atoms with E-state index in [1.54, 1.807) is 12.1 Å². The van der Waals surface area contributed by atoms with E-state index in [2.05, 4.69) is 15.3 Å². The number of anilines is 2. The van der Waals surface area contributed by atoms with Crippen LogP contribution in [0.4, 0.5) is 16.0 Å². The Bertz CT molecular complexity index is 713. The summed E-state index contributed by atoms with van der Waals surface area (Å²) in [6.07, 6.45) is 0. The molecule has 90 valence electrons. The highest BCUT2D eigenvalue weighted by atomic mass is 35.5. The number of nitrogens with zero attached hydrogens (tertiary/aromatic N) is 2. The van der Waals surface area contributed by atoms with Gasteiger partial charge < -0.3 is 5.32 Å². The molecule has 0 amide bonds. The lowest BCUT2D eigenvalue weighted by atomic mass is 10.3. The van der Waals surface area contributed by atoms with Crippen molar-refractivity contribution in [3.8, 4) is 0 Å². The summed E-state index contributed by atoms with van der Waals surface area (Å²) in [6.45, 7) is 0. The van der Waals surface area contributed by atoms with Crippen LogP contribution < -0.4 is 5.32 Å². The van der Waals surface area contributed by atoms with Crippen molar-refractivity contribution >= 4 is 44.8 Å². The van der Waals surface area contributed by atoms with Crippen molar-refractivity contribution in [1.29, 1.82) is 0 Å². The van der Waals surface area contributed by atoms with Crippen LogP contribution in [0.2, 0.25) is 5.15 Å². The van der Waals surface area contributed by atoms with Gasteiger partial charge in [-0.25, -0.2) is 14.4 Å². The van der Waals surface area contributed by atoms with Gasteiger partial charge in [0.05, 0.1) is 0 Å². The number of aromatic nitrogens is 2. The Labute approximate surface area is 111 Å². The van der Waals surface area contributed by atoms with Crippen LogP contribution in [0, 0.1) is 5.82 Å². The second kappa shape index (κ2) is 4.51. The minimum absolute atomic E-state index is 0.316. The molecule has 2 aromatic heterocycles. The van der Waals surface area contributed by atoms with E-state index in [1.165, 1.54) is 23.5 Å². The summed E-state index contributed by atoms with van der Waals surface area (Å²) in [5.41, 5.74) is 0.585. The SMILES string of the molecule is Fc1cccc(Nc2nc(Cl)c3ccsc3n2)c1. The average Bonchev–Trinajstić information content (AvgIpc) is 2.77. The third-order valence-electron chi connectivity index (χ3n) is 2.36. The van der Waals surface area contributed by atoms with E-state index in [9.17, 15) is 4.39 Å². The molecular formula is C12H7ClFN3S. The summed E-state index contributed by atoms with van der Waals surface area (Å²) < 4.78 is 13.0. The van der Waals surface area contributed by atoms with Crippen molar-refractivity contribution < 1.29 is 4.39 Å². The third-order valence-corrected chi connectivity index (χ3v) is 3.45. The van der Waals surface area contributed by atoms with Crippen molar-refractivity contribution in [3.63, 3.8) is 0 Å². The Morgan fingerprint density at radius 1 is 1.22 bits per heavy atom. The fourth-order valence-corrected chi connectivity index (χ4v) is 2.62. The zero-order valence-electron chi connectivity index (χ0n) is 9.02. The Morgan fingerprint density at radius 3 is 2.94 bits per heavy atom. The van der Waals surface area contributed by atoms with Gasteiger partial charge in [-0.15, -0.1) is 11.3 Å². The molecule has 1 aromatic carbocycles. The molecule has 0 fully saturated rings. The first-order valence-corrected chi connectivity index (χ1v) is 6.41. The molecule has 6 heteroatoms. The van der Waals surface area contributed by atoms with Crippen LogP contribution >= 0.6 is 22.9 Å². The summed E-state index contributed by atoms with van der Waals surface area (Å²) in [7, 11) is 0. The van der Waals surface area contributed by atoms with Crippen LogP contribution in [0.3, 0.4) is 0 Å². The summed E-state index contributed by atoms with van der Waals surface area (Å²) in [5.74, 6) is 0.0452. The normalized spacial score (nSPS) is 10.8. The number of nitrogens with one attached hydrogen (secondary N) is 1. The van der Waals surface area contributed by atoms with Crippen LogP contribution in [0.25, 0.3) is 10.2 Å². The summed E-state index contributed by atoms with van der Waals surface area (Å²) in [5, 5.41) is 6.04. The zero-order chi connectivity index (χ0) is 12.5. The van der Waals surface area contributed by atoms with Gasteiger partial charge in [-0.3, -0.25) is 0 Å². The van der Waals surface area contributed by atoms with E-state index in [-0.39, 0.29) is 5.82 Å². The predicted molar refractivity (Wildman–Crippen MR) is 72.1 cm³/mol. The predicted octanol–water partition coefficient (Wildman–Crippen LogP) is 4.23. The van der Waals surface area contributed by atoms with Gasteiger partial charge in [-0.05, 0) is 29.6 Å². The standard InChI is InChI=1S/C12H7ClFN3S/c13-10-9-4-5-18-11(9)17-12(16-10)15-8-3-1-2-7(14)6-8/h1-6H,(H,15,16,17). The van der Waals surface area contributed by atoms with Crippen LogP contribution in [-0.2, 0) is 0 Å². The van der Waals surface area contributed by atoms with E-state index in [0.29, 0.717) is 16.8 Å². The second-order valence-electron chi connectivity index (χ2n) is 3.61. The summed E-state index contributed by atoms with van der Waals surface area (Å²) >= 11 is 7.52. The molecule has 0 spiro atoms. The largest absolute Gasteiger partial charge is 0.324 e. The van der Waals surface area contributed by atoms with Crippen molar-refractivity contribution in [2.24, 2.45) is 0 Å². The number of rotatable bonds is 2. The van der Waals surface area contributed by atoms with Gasteiger partial charge in [0.25, 0.3) is 0 Å². The second-order valence-corrected chi connectivity index (χ2v) is 4.87. The van der Waals surface area contributed by atoms with Crippen molar-refractivity contribution in [2.45, 2.75) is 0 Å². The van der Waals surface area contributed by atoms with Crippen LogP contribution in [0.15, 0.2) is 35.7 Å². The van der Waals surface area contributed by atoms with Crippen molar-refractivity contribution in [2.75, 3.05) is 5.32 Å². The molecule has 3 rings (SSSR count). The molecule has 0 unspecified atom stereocenters. The molecule has 2 heterocycles. The van der Waals surface area contributed by atoms with Crippen LogP contribution in [-0.4, -0.2) is 9.97 Å². The number of thiophene rings is 1. The lowest BCUT2D eigenvalue weighted by Gasteiger charge is -2.05. The fourth-order valence-electron chi connectivity index (χ4n) is 1.57. The molecule has 18 heavy (non-hydrogen) atoms. The van der Waals surface area contributed by atoms with Gasteiger partial charge in [0.15, 0.2) is 0 Å². The molecule has 3 nitrogen and oxygen atoms in total. The van der Waals surface area contributed by atoms with Gasteiger partial charge in [0.1, 0.15) is 15.8 Å². The Balaban J connectivity index is 1.99. The number of hydrogen-bond acceptors (Lipinski definition) is 4. The molecule has 3 aromatic rings. The zero-order valence-corrected chi connectivity index (χ0v) is 10.6. The maximum absolute atomic E-state index is 13.0. The Hall–Kier alpha value is -1.72. The fraction of sp³-hybridized carbons (Fsp3) is 0. The number of hydrogen-bond donors (Lipinski definition) is 1. The van der Waals surface area contributed by atoms with E-state index in [0.717, 1.165) is 10.2 Å². The minimum atomic E-state index is -0.316. The van der Waals surface area contributed by atoms with Gasteiger partial charge in [-0.2, -0.15) is 0 Å². The minimum Gasteiger partial charge on any atom is -0.324 e. The quantitative estimate of drug-likeness (QED) is 0.714. The topological polar surface area (TPSA) is 37.8 Å². The lowest BCUT2D eigenvalue weighted by molar-refractivity contribution is 0.628. The average molecular weight is 280 g/mol. The maximum atomic E-state index is 13.0. The molecule has 0 saturated carbocycles. The van der Waals surface area contributed by atoms with E-state index in [4.69, 9.17) is 11.6 Å². The number of fused-ring (bicyclic) bond motifs is 1. The van der Waals surface area contributed by atoms with Crippen LogP contribution in [0.5, 0.6) is 0 Å². The molecule has 0 radical (unpaired) electrons. The molecule has 0 aliphatic rings. The Morgan fingerprint density at radius 2 is 2.11 bits per heavy atom. The molecule has 0 saturated heterocycles. The summed E-state index contributed by atoms with van der Waals surface area (Å²) in [6, 6.07) is 7.97.